The Balaban J connectivity index is 1.89. The molecule has 0 nitrogen and oxygen atoms in total. The molecule has 18 heavy (non-hydrogen) atoms. The van der Waals surface area contributed by atoms with Crippen LogP contribution in [-0.4, -0.2) is 14.5 Å². The summed E-state index contributed by atoms with van der Waals surface area (Å²) in [4.78, 5) is 0. The molecule has 0 aromatic carbocycles. The topological polar surface area (TPSA) is 0 Å². The van der Waals surface area contributed by atoms with Crippen molar-refractivity contribution < 1.29 is 0 Å². The fourth-order valence-corrected chi connectivity index (χ4v) is 5.66. The van der Waals surface area contributed by atoms with Gasteiger partial charge in [-0.15, -0.1) is 0 Å². The molecule has 1 aliphatic rings. The molecule has 0 amide bonds. The van der Waals surface area contributed by atoms with Crippen molar-refractivity contribution in [2.45, 2.75) is 84.0 Å². The van der Waals surface area contributed by atoms with Gasteiger partial charge in [-0.25, -0.2) is 0 Å². The van der Waals surface area contributed by atoms with E-state index >= 15 is 0 Å². The summed E-state index contributed by atoms with van der Waals surface area (Å²) >= 11 is 0.742. The van der Waals surface area contributed by atoms with Crippen LogP contribution < -0.4 is 0 Å². The van der Waals surface area contributed by atoms with Gasteiger partial charge in [-0.2, -0.15) is 0 Å². The second kappa shape index (κ2) is 8.23. The van der Waals surface area contributed by atoms with Crippen LogP contribution in [0.4, 0.5) is 0 Å². The van der Waals surface area contributed by atoms with Crippen molar-refractivity contribution in [2.75, 3.05) is 0 Å². The van der Waals surface area contributed by atoms with Crippen LogP contribution in [0, 0.1) is 0 Å². The van der Waals surface area contributed by atoms with Gasteiger partial charge in [0.05, 0.1) is 0 Å². The van der Waals surface area contributed by atoms with Gasteiger partial charge < -0.3 is 0 Å². The zero-order chi connectivity index (χ0) is 12.6. The van der Waals surface area contributed by atoms with Crippen molar-refractivity contribution in [2.24, 2.45) is 0 Å². The molecular formula is C17H28Se. The standard InChI is InChI=1S/C17H28Se/c1-2-3-4-9-12-16-14-15-11-8-6-5-7-10-13-17(15)18-16/h14H,2-13H2,1H3. The third-order valence-electron chi connectivity index (χ3n) is 4.07. The first-order chi connectivity index (χ1) is 8.90. The summed E-state index contributed by atoms with van der Waals surface area (Å²) in [5, 5.41) is 0. The summed E-state index contributed by atoms with van der Waals surface area (Å²) in [5.41, 5.74) is 1.77. The normalized spacial score (nSPS) is 16.7. The molecule has 0 unspecified atom stereocenters. The first-order valence-electron chi connectivity index (χ1n) is 8.00. The Bertz CT molecular complexity index is 312. The molecule has 0 saturated carbocycles. The average Bonchev–Trinajstić information content (AvgIpc) is 2.78. The first-order valence-corrected chi connectivity index (χ1v) is 9.72. The maximum absolute atomic E-state index is 2.60. The van der Waals surface area contributed by atoms with Crippen LogP contribution in [0.5, 0.6) is 0 Å². The van der Waals surface area contributed by atoms with E-state index in [0.29, 0.717) is 0 Å². The van der Waals surface area contributed by atoms with Crippen molar-refractivity contribution in [1.29, 1.82) is 0 Å². The van der Waals surface area contributed by atoms with E-state index in [0.717, 1.165) is 14.5 Å². The number of fused-ring (bicyclic) bond motifs is 1. The molecule has 102 valence electrons. The molecule has 0 saturated heterocycles. The van der Waals surface area contributed by atoms with Crippen LogP contribution in [0.3, 0.4) is 0 Å². The molecule has 0 aliphatic heterocycles. The van der Waals surface area contributed by atoms with Gasteiger partial charge in [-0.1, -0.05) is 0 Å². The molecule has 1 heteroatoms. The Hall–Kier alpha value is -0.000519. The van der Waals surface area contributed by atoms with Gasteiger partial charge in [0.15, 0.2) is 0 Å². The molecule has 0 bridgehead atoms. The second-order valence-corrected chi connectivity index (χ2v) is 8.30. The Kier molecular flexibility index (Phi) is 6.59. The van der Waals surface area contributed by atoms with E-state index in [-0.39, 0.29) is 0 Å². The van der Waals surface area contributed by atoms with E-state index in [1.165, 1.54) is 77.0 Å². The molecule has 1 heterocycles. The number of hydrogen-bond donors (Lipinski definition) is 0. The predicted molar refractivity (Wildman–Crippen MR) is 81.7 cm³/mol. The van der Waals surface area contributed by atoms with Crippen LogP contribution in [0.15, 0.2) is 6.07 Å². The third kappa shape index (κ3) is 4.59. The minimum atomic E-state index is 0.742. The zero-order valence-electron chi connectivity index (χ0n) is 12.0. The minimum absolute atomic E-state index is 0.742. The average molecular weight is 311 g/mol. The van der Waals surface area contributed by atoms with Crippen molar-refractivity contribution in [3.05, 3.63) is 20.5 Å². The Morgan fingerprint density at radius 2 is 1.72 bits per heavy atom. The Morgan fingerprint density at radius 3 is 2.56 bits per heavy atom. The van der Waals surface area contributed by atoms with Gasteiger partial charge in [0.2, 0.25) is 0 Å². The first kappa shape index (κ1) is 14.4. The van der Waals surface area contributed by atoms with E-state index in [1.807, 2.05) is 8.87 Å². The fourth-order valence-electron chi connectivity index (χ4n) is 2.93. The van der Waals surface area contributed by atoms with Crippen molar-refractivity contribution >= 4 is 14.5 Å². The monoisotopic (exact) mass is 312 g/mol. The van der Waals surface area contributed by atoms with Crippen molar-refractivity contribution in [3.63, 3.8) is 0 Å². The summed E-state index contributed by atoms with van der Waals surface area (Å²) in [5.74, 6) is 0. The number of hydrogen-bond acceptors (Lipinski definition) is 0. The number of rotatable bonds is 5. The van der Waals surface area contributed by atoms with Crippen LogP contribution in [0.1, 0.15) is 79.1 Å². The molecule has 2 rings (SSSR count). The summed E-state index contributed by atoms with van der Waals surface area (Å²) in [6.07, 6.45) is 17.2. The molecule has 1 aliphatic carbocycles. The molecule has 0 N–H and O–H groups in total. The Morgan fingerprint density at radius 1 is 0.944 bits per heavy atom. The van der Waals surface area contributed by atoms with Crippen molar-refractivity contribution in [3.8, 4) is 0 Å². The van der Waals surface area contributed by atoms with Crippen molar-refractivity contribution in [1.82, 2.24) is 0 Å². The predicted octanol–water partition coefficient (Wildman–Crippen LogP) is 4.92. The summed E-state index contributed by atoms with van der Waals surface area (Å²) in [6.45, 7) is 2.30. The Labute approximate surface area is 119 Å². The summed E-state index contributed by atoms with van der Waals surface area (Å²) in [7, 11) is 0. The van der Waals surface area contributed by atoms with Gasteiger partial charge in [-0.05, 0) is 0 Å². The van der Waals surface area contributed by atoms with E-state index in [2.05, 4.69) is 13.0 Å². The summed E-state index contributed by atoms with van der Waals surface area (Å²) in [6, 6.07) is 2.60. The molecular weight excluding hydrogens is 283 g/mol. The van der Waals surface area contributed by atoms with Gasteiger partial charge in [0, 0.05) is 0 Å². The molecule has 0 radical (unpaired) electrons. The SMILES string of the molecule is CCCCCCc1cc2c([se]1)CCCCCCC2. The van der Waals surface area contributed by atoms with E-state index < -0.39 is 0 Å². The second-order valence-electron chi connectivity index (χ2n) is 5.74. The molecule has 0 fully saturated rings. The van der Waals surface area contributed by atoms with Crippen LogP contribution in [0.25, 0.3) is 0 Å². The molecule has 1 aromatic rings. The van der Waals surface area contributed by atoms with Gasteiger partial charge >= 0.3 is 119 Å². The van der Waals surface area contributed by atoms with Gasteiger partial charge in [-0.3, -0.25) is 0 Å². The van der Waals surface area contributed by atoms with Crippen LogP contribution in [-0.2, 0) is 19.3 Å². The zero-order valence-corrected chi connectivity index (χ0v) is 13.7. The molecule has 0 atom stereocenters. The molecule has 0 spiro atoms. The molecule has 1 aromatic heterocycles. The third-order valence-corrected chi connectivity index (χ3v) is 6.80. The maximum atomic E-state index is 2.60. The van der Waals surface area contributed by atoms with Crippen LogP contribution in [0.2, 0.25) is 0 Å². The van der Waals surface area contributed by atoms with Crippen LogP contribution >= 0.6 is 0 Å². The number of unbranched alkanes of at least 4 members (excludes halogenated alkanes) is 3. The number of aryl methyl sites for hydroxylation is 3. The van der Waals surface area contributed by atoms with E-state index in [4.69, 9.17) is 0 Å². The fraction of sp³-hybridized carbons (Fsp3) is 0.765. The summed E-state index contributed by atoms with van der Waals surface area (Å²) < 4.78 is 3.68. The van der Waals surface area contributed by atoms with Gasteiger partial charge in [0.1, 0.15) is 0 Å². The van der Waals surface area contributed by atoms with E-state index in [9.17, 15) is 0 Å². The quantitative estimate of drug-likeness (QED) is 0.535. The van der Waals surface area contributed by atoms with Gasteiger partial charge in [0.25, 0.3) is 0 Å². The van der Waals surface area contributed by atoms with E-state index in [1.54, 1.807) is 5.56 Å².